The first kappa shape index (κ1) is 12.4. The van der Waals surface area contributed by atoms with Gasteiger partial charge in [0, 0.05) is 24.3 Å². The average Bonchev–Trinajstić information content (AvgIpc) is 3.28. The standard InChI is InChI=1S/C17H16FN3/c1-19-14-5-3-2-4-13(14)17-20-15-9-6-11(18)10-16(15)21(17)12-7-8-12/h2-6,9-10,12,19H,7-8H2,1H3. The SMILES string of the molecule is CNc1ccccc1-c1nc2ccc(F)cc2n1C1CC1. The zero-order chi connectivity index (χ0) is 14.4. The van der Waals surface area contributed by atoms with Gasteiger partial charge in [-0.1, -0.05) is 12.1 Å². The highest BCUT2D eigenvalue weighted by Crippen LogP contribution is 2.42. The summed E-state index contributed by atoms with van der Waals surface area (Å²) in [5.74, 6) is 0.709. The van der Waals surface area contributed by atoms with Crippen LogP contribution in [-0.4, -0.2) is 16.6 Å². The molecule has 2 aromatic carbocycles. The number of fused-ring (bicyclic) bond motifs is 1. The Morgan fingerprint density at radius 2 is 2.00 bits per heavy atom. The monoisotopic (exact) mass is 281 g/mol. The van der Waals surface area contributed by atoms with Crippen LogP contribution in [0.4, 0.5) is 10.1 Å². The van der Waals surface area contributed by atoms with Gasteiger partial charge in [-0.15, -0.1) is 0 Å². The molecule has 21 heavy (non-hydrogen) atoms. The number of imidazole rings is 1. The van der Waals surface area contributed by atoms with Gasteiger partial charge in [0.2, 0.25) is 0 Å². The van der Waals surface area contributed by atoms with E-state index in [1.54, 1.807) is 12.1 Å². The minimum atomic E-state index is -0.210. The predicted molar refractivity (Wildman–Crippen MR) is 82.9 cm³/mol. The third kappa shape index (κ3) is 1.98. The Bertz CT molecular complexity index is 818. The van der Waals surface area contributed by atoms with Gasteiger partial charge in [-0.3, -0.25) is 0 Å². The van der Waals surface area contributed by atoms with Crippen molar-refractivity contribution >= 4 is 16.7 Å². The summed E-state index contributed by atoms with van der Waals surface area (Å²) in [4.78, 5) is 4.75. The van der Waals surface area contributed by atoms with Crippen molar-refractivity contribution in [2.45, 2.75) is 18.9 Å². The van der Waals surface area contributed by atoms with Gasteiger partial charge in [0.05, 0.1) is 11.0 Å². The Morgan fingerprint density at radius 1 is 1.19 bits per heavy atom. The molecule has 4 heteroatoms. The Morgan fingerprint density at radius 3 is 2.76 bits per heavy atom. The lowest BCUT2D eigenvalue weighted by atomic mass is 10.1. The lowest BCUT2D eigenvalue weighted by molar-refractivity contribution is 0.628. The maximum Gasteiger partial charge on any atom is 0.143 e. The van der Waals surface area contributed by atoms with Gasteiger partial charge in [0.1, 0.15) is 11.6 Å². The number of anilines is 1. The van der Waals surface area contributed by atoms with Crippen LogP contribution in [0.25, 0.3) is 22.4 Å². The molecular formula is C17H16FN3. The number of hydrogen-bond donors (Lipinski definition) is 1. The van der Waals surface area contributed by atoms with Crippen molar-refractivity contribution < 1.29 is 4.39 Å². The lowest BCUT2D eigenvalue weighted by Crippen LogP contribution is -2.00. The maximum atomic E-state index is 13.6. The van der Waals surface area contributed by atoms with Crippen molar-refractivity contribution in [1.82, 2.24) is 9.55 Å². The molecule has 1 aliphatic rings. The Balaban J connectivity index is 2.02. The van der Waals surface area contributed by atoms with Crippen LogP contribution in [0.2, 0.25) is 0 Å². The van der Waals surface area contributed by atoms with E-state index in [-0.39, 0.29) is 5.82 Å². The number of nitrogens with zero attached hydrogens (tertiary/aromatic N) is 2. The topological polar surface area (TPSA) is 29.9 Å². The minimum Gasteiger partial charge on any atom is -0.388 e. The number of halogens is 1. The molecule has 4 rings (SSSR count). The molecular weight excluding hydrogens is 265 g/mol. The molecule has 1 aromatic heterocycles. The molecule has 0 spiro atoms. The smallest absolute Gasteiger partial charge is 0.143 e. The molecule has 1 heterocycles. The maximum absolute atomic E-state index is 13.6. The second-order valence-electron chi connectivity index (χ2n) is 5.47. The summed E-state index contributed by atoms with van der Waals surface area (Å²) in [6.45, 7) is 0. The van der Waals surface area contributed by atoms with E-state index < -0.39 is 0 Å². The summed E-state index contributed by atoms with van der Waals surface area (Å²) in [6, 6.07) is 13.4. The van der Waals surface area contributed by atoms with Crippen molar-refractivity contribution in [3.63, 3.8) is 0 Å². The molecule has 1 saturated carbocycles. The van der Waals surface area contributed by atoms with E-state index in [9.17, 15) is 4.39 Å². The van der Waals surface area contributed by atoms with Crippen LogP contribution < -0.4 is 5.32 Å². The number of hydrogen-bond acceptors (Lipinski definition) is 2. The molecule has 0 aliphatic heterocycles. The second kappa shape index (κ2) is 4.58. The minimum absolute atomic E-state index is 0.210. The second-order valence-corrected chi connectivity index (χ2v) is 5.47. The summed E-state index contributed by atoms with van der Waals surface area (Å²) in [6.07, 6.45) is 2.27. The summed E-state index contributed by atoms with van der Waals surface area (Å²) in [5.41, 5.74) is 3.83. The molecule has 0 bridgehead atoms. The molecule has 106 valence electrons. The number of nitrogens with one attached hydrogen (secondary N) is 1. The number of benzene rings is 2. The van der Waals surface area contributed by atoms with Crippen LogP contribution in [0.15, 0.2) is 42.5 Å². The van der Waals surface area contributed by atoms with E-state index in [2.05, 4.69) is 16.0 Å². The van der Waals surface area contributed by atoms with Crippen LogP contribution in [0.3, 0.4) is 0 Å². The highest BCUT2D eigenvalue weighted by atomic mass is 19.1. The van der Waals surface area contributed by atoms with E-state index in [1.165, 1.54) is 6.07 Å². The molecule has 0 atom stereocenters. The molecule has 1 aliphatic carbocycles. The van der Waals surface area contributed by atoms with Crippen LogP contribution >= 0.6 is 0 Å². The summed E-state index contributed by atoms with van der Waals surface area (Å²) >= 11 is 0. The van der Waals surface area contributed by atoms with Gasteiger partial charge >= 0.3 is 0 Å². The highest BCUT2D eigenvalue weighted by Gasteiger charge is 2.29. The fourth-order valence-electron chi connectivity index (χ4n) is 2.85. The number of rotatable bonds is 3. The van der Waals surface area contributed by atoms with E-state index in [1.807, 2.05) is 25.2 Å². The van der Waals surface area contributed by atoms with Gasteiger partial charge in [-0.25, -0.2) is 9.37 Å². The van der Waals surface area contributed by atoms with Crippen molar-refractivity contribution in [1.29, 1.82) is 0 Å². The van der Waals surface area contributed by atoms with Crippen molar-refractivity contribution in [2.24, 2.45) is 0 Å². The number of para-hydroxylation sites is 1. The molecule has 3 nitrogen and oxygen atoms in total. The van der Waals surface area contributed by atoms with Gasteiger partial charge in [-0.05, 0) is 43.2 Å². The molecule has 0 unspecified atom stereocenters. The van der Waals surface area contributed by atoms with Crippen LogP contribution in [0, 0.1) is 5.82 Å². The first-order chi connectivity index (χ1) is 10.3. The third-order valence-corrected chi connectivity index (χ3v) is 4.00. The first-order valence-electron chi connectivity index (χ1n) is 7.22. The Hall–Kier alpha value is -2.36. The van der Waals surface area contributed by atoms with Crippen molar-refractivity contribution in [3.05, 3.63) is 48.3 Å². The van der Waals surface area contributed by atoms with Crippen LogP contribution in [0.1, 0.15) is 18.9 Å². The summed E-state index contributed by atoms with van der Waals surface area (Å²) in [5, 5.41) is 3.21. The molecule has 1 fully saturated rings. The molecule has 0 amide bonds. The van der Waals surface area contributed by atoms with Gasteiger partial charge < -0.3 is 9.88 Å². The van der Waals surface area contributed by atoms with Gasteiger partial charge in [0.25, 0.3) is 0 Å². The van der Waals surface area contributed by atoms with Crippen LogP contribution in [-0.2, 0) is 0 Å². The predicted octanol–water partition coefficient (Wildman–Crippen LogP) is 4.22. The Labute approximate surface area is 122 Å². The van der Waals surface area contributed by atoms with E-state index >= 15 is 0 Å². The summed E-state index contributed by atoms with van der Waals surface area (Å²) < 4.78 is 15.8. The molecule has 3 aromatic rings. The van der Waals surface area contributed by atoms with Crippen molar-refractivity contribution in [2.75, 3.05) is 12.4 Å². The fourth-order valence-corrected chi connectivity index (χ4v) is 2.85. The van der Waals surface area contributed by atoms with E-state index in [0.717, 1.165) is 41.0 Å². The fraction of sp³-hybridized carbons (Fsp3) is 0.235. The highest BCUT2D eigenvalue weighted by molar-refractivity contribution is 5.84. The molecule has 1 N–H and O–H groups in total. The third-order valence-electron chi connectivity index (χ3n) is 4.00. The normalized spacial score (nSPS) is 14.6. The molecule has 0 radical (unpaired) electrons. The van der Waals surface area contributed by atoms with E-state index in [0.29, 0.717) is 6.04 Å². The zero-order valence-corrected chi connectivity index (χ0v) is 11.8. The van der Waals surface area contributed by atoms with Crippen LogP contribution in [0.5, 0.6) is 0 Å². The number of aromatic nitrogens is 2. The first-order valence-corrected chi connectivity index (χ1v) is 7.22. The van der Waals surface area contributed by atoms with Gasteiger partial charge in [-0.2, -0.15) is 0 Å². The van der Waals surface area contributed by atoms with E-state index in [4.69, 9.17) is 4.98 Å². The average molecular weight is 281 g/mol. The lowest BCUT2D eigenvalue weighted by Gasteiger charge is -2.11. The zero-order valence-electron chi connectivity index (χ0n) is 11.8. The van der Waals surface area contributed by atoms with Gasteiger partial charge in [0.15, 0.2) is 0 Å². The van der Waals surface area contributed by atoms with Crippen molar-refractivity contribution in [3.8, 4) is 11.4 Å². The summed E-state index contributed by atoms with van der Waals surface area (Å²) in [7, 11) is 1.91. The largest absolute Gasteiger partial charge is 0.388 e. The Kier molecular flexibility index (Phi) is 2.70. The molecule has 0 saturated heterocycles. The quantitative estimate of drug-likeness (QED) is 0.779.